The third-order valence-electron chi connectivity index (χ3n) is 1.82. The average Bonchev–Trinajstić information content (AvgIpc) is 2.74. The first-order chi connectivity index (χ1) is 7.36. The van der Waals surface area contributed by atoms with Crippen molar-refractivity contribution in [2.24, 2.45) is 0 Å². The quantitative estimate of drug-likeness (QED) is 0.872. The number of hydrogen-bond donors (Lipinski definition) is 1. The van der Waals surface area contributed by atoms with Crippen LogP contribution in [0.2, 0.25) is 0 Å². The molecule has 0 aliphatic carbocycles. The van der Waals surface area contributed by atoms with Crippen LogP contribution in [0.5, 0.6) is 0 Å². The van der Waals surface area contributed by atoms with Crippen molar-refractivity contribution in [1.82, 2.24) is 15.0 Å². The second kappa shape index (κ2) is 5.36. The molecule has 0 saturated carbocycles. The van der Waals surface area contributed by atoms with Crippen molar-refractivity contribution in [1.29, 1.82) is 0 Å². The van der Waals surface area contributed by atoms with Crippen LogP contribution < -0.4 is 5.32 Å². The van der Waals surface area contributed by atoms with Crippen molar-refractivity contribution in [2.75, 3.05) is 11.9 Å². The molecule has 0 amide bonds. The SMILES string of the molecule is Ic1cncnc1NCCc1cscn1. The maximum atomic E-state index is 4.21. The lowest BCUT2D eigenvalue weighted by atomic mass is 10.3. The van der Waals surface area contributed by atoms with Gasteiger partial charge >= 0.3 is 0 Å². The molecule has 0 saturated heterocycles. The lowest BCUT2D eigenvalue weighted by molar-refractivity contribution is 0.961. The first-order valence-electron chi connectivity index (χ1n) is 4.42. The minimum absolute atomic E-state index is 0.844. The number of thiazole rings is 1. The summed E-state index contributed by atoms with van der Waals surface area (Å²) >= 11 is 3.84. The summed E-state index contributed by atoms with van der Waals surface area (Å²) in [6.45, 7) is 0.844. The van der Waals surface area contributed by atoms with E-state index in [0.717, 1.165) is 28.0 Å². The van der Waals surface area contributed by atoms with Gasteiger partial charge in [0.15, 0.2) is 0 Å². The number of halogens is 1. The van der Waals surface area contributed by atoms with Crippen molar-refractivity contribution in [2.45, 2.75) is 6.42 Å². The molecule has 2 aromatic rings. The second-order valence-corrected chi connectivity index (χ2v) is 4.76. The van der Waals surface area contributed by atoms with Crippen LogP contribution in [0.15, 0.2) is 23.4 Å². The zero-order valence-electron chi connectivity index (χ0n) is 7.85. The molecular weight excluding hydrogens is 323 g/mol. The zero-order chi connectivity index (χ0) is 10.5. The van der Waals surface area contributed by atoms with Crippen LogP contribution in [0, 0.1) is 3.57 Å². The summed E-state index contributed by atoms with van der Waals surface area (Å²) in [5, 5.41) is 5.32. The first-order valence-corrected chi connectivity index (χ1v) is 6.45. The topological polar surface area (TPSA) is 50.7 Å². The van der Waals surface area contributed by atoms with Crippen molar-refractivity contribution in [3.8, 4) is 0 Å². The molecule has 0 aliphatic heterocycles. The molecule has 15 heavy (non-hydrogen) atoms. The van der Waals surface area contributed by atoms with Crippen LogP contribution >= 0.6 is 33.9 Å². The van der Waals surface area contributed by atoms with Gasteiger partial charge in [-0.3, -0.25) is 0 Å². The molecule has 0 aromatic carbocycles. The fraction of sp³-hybridized carbons (Fsp3) is 0.222. The fourth-order valence-corrected chi connectivity index (χ4v) is 2.20. The summed E-state index contributed by atoms with van der Waals surface area (Å²) in [5.74, 6) is 0.890. The Morgan fingerprint density at radius 2 is 2.33 bits per heavy atom. The van der Waals surface area contributed by atoms with E-state index in [-0.39, 0.29) is 0 Å². The van der Waals surface area contributed by atoms with Gasteiger partial charge in [0.2, 0.25) is 0 Å². The third-order valence-corrected chi connectivity index (χ3v) is 3.25. The molecule has 0 spiro atoms. The largest absolute Gasteiger partial charge is 0.369 e. The Kier molecular flexibility index (Phi) is 3.84. The Bertz CT molecular complexity index is 418. The van der Waals surface area contributed by atoms with Gasteiger partial charge in [0.25, 0.3) is 0 Å². The normalized spacial score (nSPS) is 10.2. The number of rotatable bonds is 4. The predicted molar refractivity (Wildman–Crippen MR) is 69.1 cm³/mol. The molecule has 6 heteroatoms. The monoisotopic (exact) mass is 332 g/mol. The molecule has 0 atom stereocenters. The number of aromatic nitrogens is 3. The number of nitrogens with zero attached hydrogens (tertiary/aromatic N) is 3. The molecule has 0 radical (unpaired) electrons. The van der Waals surface area contributed by atoms with E-state index in [1.165, 1.54) is 0 Å². The molecule has 2 rings (SSSR count). The number of anilines is 1. The van der Waals surface area contributed by atoms with Gasteiger partial charge in [0.05, 0.1) is 14.8 Å². The van der Waals surface area contributed by atoms with E-state index in [1.807, 2.05) is 5.51 Å². The highest BCUT2D eigenvalue weighted by molar-refractivity contribution is 14.1. The molecule has 2 aromatic heterocycles. The molecule has 0 bridgehead atoms. The fourth-order valence-electron chi connectivity index (χ4n) is 1.11. The first kappa shape index (κ1) is 10.7. The van der Waals surface area contributed by atoms with Gasteiger partial charge in [-0.25, -0.2) is 15.0 Å². The number of hydrogen-bond acceptors (Lipinski definition) is 5. The highest BCUT2D eigenvalue weighted by atomic mass is 127. The predicted octanol–water partition coefficient (Wildman–Crippen LogP) is 2.19. The van der Waals surface area contributed by atoms with Crippen LogP contribution in [0.4, 0.5) is 5.82 Å². The van der Waals surface area contributed by atoms with Gasteiger partial charge in [0.1, 0.15) is 12.1 Å². The van der Waals surface area contributed by atoms with Crippen molar-refractivity contribution < 1.29 is 0 Å². The van der Waals surface area contributed by atoms with Crippen LogP contribution in [0.25, 0.3) is 0 Å². The van der Waals surface area contributed by atoms with Crippen molar-refractivity contribution >= 4 is 39.7 Å². The Balaban J connectivity index is 1.86. The van der Waals surface area contributed by atoms with Gasteiger partial charge in [-0.2, -0.15) is 0 Å². The molecule has 2 heterocycles. The minimum Gasteiger partial charge on any atom is -0.369 e. The zero-order valence-corrected chi connectivity index (χ0v) is 10.8. The van der Waals surface area contributed by atoms with Crippen molar-refractivity contribution in [3.05, 3.63) is 32.7 Å². The lowest BCUT2D eigenvalue weighted by Crippen LogP contribution is -2.07. The summed E-state index contributed by atoms with van der Waals surface area (Å²) < 4.78 is 1.04. The van der Waals surface area contributed by atoms with Gasteiger partial charge in [0, 0.05) is 24.5 Å². The van der Waals surface area contributed by atoms with E-state index in [4.69, 9.17) is 0 Å². The van der Waals surface area contributed by atoms with E-state index in [0.29, 0.717) is 0 Å². The van der Waals surface area contributed by atoms with E-state index in [9.17, 15) is 0 Å². The summed E-state index contributed by atoms with van der Waals surface area (Å²) in [4.78, 5) is 12.3. The van der Waals surface area contributed by atoms with Gasteiger partial charge < -0.3 is 5.32 Å². The Hall–Kier alpha value is -0.760. The summed E-state index contributed by atoms with van der Waals surface area (Å²) in [6.07, 6.45) is 4.26. The van der Waals surface area contributed by atoms with E-state index in [1.54, 1.807) is 23.9 Å². The summed E-state index contributed by atoms with van der Waals surface area (Å²) in [7, 11) is 0. The third kappa shape index (κ3) is 3.10. The molecule has 0 unspecified atom stereocenters. The Labute approximate surface area is 105 Å². The molecule has 1 N–H and O–H groups in total. The molecule has 4 nitrogen and oxygen atoms in total. The summed E-state index contributed by atoms with van der Waals surface area (Å²) in [6, 6.07) is 0. The van der Waals surface area contributed by atoms with Crippen LogP contribution in [-0.4, -0.2) is 21.5 Å². The lowest BCUT2D eigenvalue weighted by Gasteiger charge is -2.04. The van der Waals surface area contributed by atoms with E-state index < -0.39 is 0 Å². The summed E-state index contributed by atoms with van der Waals surface area (Å²) in [5.41, 5.74) is 2.97. The van der Waals surface area contributed by atoms with Crippen LogP contribution in [-0.2, 0) is 6.42 Å². The van der Waals surface area contributed by atoms with E-state index >= 15 is 0 Å². The van der Waals surface area contributed by atoms with Crippen molar-refractivity contribution in [3.63, 3.8) is 0 Å². The maximum absolute atomic E-state index is 4.21. The highest BCUT2D eigenvalue weighted by Crippen LogP contribution is 2.12. The Morgan fingerprint density at radius 3 is 3.07 bits per heavy atom. The maximum Gasteiger partial charge on any atom is 0.142 e. The van der Waals surface area contributed by atoms with Gasteiger partial charge in [-0.1, -0.05) is 0 Å². The van der Waals surface area contributed by atoms with Crippen LogP contribution in [0.1, 0.15) is 5.69 Å². The molecule has 0 aliphatic rings. The molecule has 0 fully saturated rings. The average molecular weight is 332 g/mol. The second-order valence-electron chi connectivity index (χ2n) is 2.88. The highest BCUT2D eigenvalue weighted by Gasteiger charge is 2.00. The molecular formula is C9H9IN4S. The van der Waals surface area contributed by atoms with E-state index in [2.05, 4.69) is 48.2 Å². The number of nitrogens with one attached hydrogen (secondary N) is 1. The van der Waals surface area contributed by atoms with Crippen LogP contribution in [0.3, 0.4) is 0 Å². The van der Waals surface area contributed by atoms with Gasteiger partial charge in [-0.15, -0.1) is 11.3 Å². The molecule has 78 valence electrons. The van der Waals surface area contributed by atoms with Gasteiger partial charge in [-0.05, 0) is 22.6 Å². The smallest absolute Gasteiger partial charge is 0.142 e. The Morgan fingerprint density at radius 1 is 1.40 bits per heavy atom. The minimum atomic E-state index is 0.844. The standard InChI is InChI=1S/C9H9IN4S/c10-8-3-11-5-13-9(8)12-2-1-7-4-15-6-14-7/h3-6H,1-2H2,(H,11,12,13).